The summed E-state index contributed by atoms with van der Waals surface area (Å²) >= 11 is 6.58. The average molecular weight is 297 g/mol. The summed E-state index contributed by atoms with van der Waals surface area (Å²) in [6.07, 6.45) is 5.07. The molecule has 6 heteroatoms. The van der Waals surface area contributed by atoms with Gasteiger partial charge in [-0.1, -0.05) is 19.1 Å². The summed E-state index contributed by atoms with van der Waals surface area (Å²) in [5, 5.41) is 3.55. The van der Waals surface area contributed by atoms with Crippen LogP contribution in [0.2, 0.25) is 0 Å². The number of carbonyl (C=O) groups excluding carboxylic acids is 1. The van der Waals surface area contributed by atoms with E-state index < -0.39 is 5.41 Å². The molecule has 1 atom stereocenters. The van der Waals surface area contributed by atoms with Gasteiger partial charge >= 0.3 is 0 Å². The Balaban J connectivity index is 2.14. The minimum absolute atomic E-state index is 0.159. The summed E-state index contributed by atoms with van der Waals surface area (Å²) in [6.45, 7) is 3.68. The molecule has 0 aromatic carbocycles. The zero-order valence-corrected chi connectivity index (χ0v) is 12.9. The van der Waals surface area contributed by atoms with Crippen LogP contribution in [0, 0.1) is 5.41 Å². The van der Waals surface area contributed by atoms with Gasteiger partial charge in [-0.25, -0.2) is 4.98 Å². The SMILES string of the molecule is CCC(C)(C(=O)Nc1nc2c(s1)CCCC2)C(N)=S. The third kappa shape index (κ3) is 2.79. The van der Waals surface area contributed by atoms with Crippen molar-refractivity contribution in [2.45, 2.75) is 46.0 Å². The molecule has 3 N–H and O–H groups in total. The molecule has 1 aliphatic carbocycles. The predicted octanol–water partition coefficient (Wildman–Crippen LogP) is 2.66. The molecule has 1 heterocycles. The topological polar surface area (TPSA) is 68.0 Å². The second-order valence-electron chi connectivity index (χ2n) is 5.10. The number of aryl methyl sites for hydroxylation is 2. The number of carbonyl (C=O) groups is 1. The predicted molar refractivity (Wildman–Crippen MR) is 82.6 cm³/mol. The summed E-state index contributed by atoms with van der Waals surface area (Å²) in [6, 6.07) is 0. The molecule has 19 heavy (non-hydrogen) atoms. The van der Waals surface area contributed by atoms with E-state index in [1.54, 1.807) is 18.3 Å². The van der Waals surface area contributed by atoms with Gasteiger partial charge in [0.05, 0.1) is 16.1 Å². The Labute approximate surface area is 122 Å². The van der Waals surface area contributed by atoms with Gasteiger partial charge in [-0.05, 0) is 39.0 Å². The number of hydrogen-bond acceptors (Lipinski definition) is 4. The lowest BCUT2D eigenvalue weighted by Crippen LogP contribution is -2.43. The number of fused-ring (bicyclic) bond motifs is 1. The van der Waals surface area contributed by atoms with Crippen LogP contribution in [0.5, 0.6) is 0 Å². The first-order valence-electron chi connectivity index (χ1n) is 6.57. The number of nitrogens with zero attached hydrogens (tertiary/aromatic N) is 1. The van der Waals surface area contributed by atoms with Crippen molar-refractivity contribution in [3.63, 3.8) is 0 Å². The number of nitrogens with one attached hydrogen (secondary N) is 1. The second kappa shape index (κ2) is 5.54. The third-order valence-electron chi connectivity index (χ3n) is 3.82. The van der Waals surface area contributed by atoms with E-state index in [1.807, 2.05) is 6.92 Å². The minimum Gasteiger partial charge on any atom is -0.392 e. The van der Waals surface area contributed by atoms with Crippen LogP contribution in [0.4, 0.5) is 5.13 Å². The number of thiocarbonyl (C=S) groups is 1. The second-order valence-corrected chi connectivity index (χ2v) is 6.62. The van der Waals surface area contributed by atoms with E-state index in [-0.39, 0.29) is 10.9 Å². The summed E-state index contributed by atoms with van der Waals surface area (Å²) in [7, 11) is 0. The van der Waals surface area contributed by atoms with Gasteiger partial charge in [0.1, 0.15) is 0 Å². The molecule has 0 bridgehead atoms. The van der Waals surface area contributed by atoms with Crippen molar-refractivity contribution >= 4 is 39.6 Å². The van der Waals surface area contributed by atoms with Crippen molar-refractivity contribution in [3.8, 4) is 0 Å². The molecule has 4 nitrogen and oxygen atoms in total. The summed E-state index contributed by atoms with van der Waals surface area (Å²) in [5.41, 5.74) is 6.02. The van der Waals surface area contributed by atoms with E-state index in [0.29, 0.717) is 11.6 Å². The molecule has 0 aliphatic heterocycles. The normalized spacial score (nSPS) is 17.4. The van der Waals surface area contributed by atoms with Gasteiger partial charge in [0, 0.05) is 4.88 Å². The number of aromatic nitrogens is 1. The van der Waals surface area contributed by atoms with E-state index in [9.17, 15) is 4.79 Å². The zero-order chi connectivity index (χ0) is 14.0. The Morgan fingerprint density at radius 3 is 2.79 bits per heavy atom. The Bertz CT molecular complexity index is 488. The van der Waals surface area contributed by atoms with Crippen molar-refractivity contribution in [1.29, 1.82) is 0 Å². The first kappa shape index (κ1) is 14.4. The van der Waals surface area contributed by atoms with Crippen LogP contribution < -0.4 is 11.1 Å². The lowest BCUT2D eigenvalue weighted by molar-refractivity contribution is -0.121. The monoisotopic (exact) mass is 297 g/mol. The molecular formula is C13H19N3OS2. The van der Waals surface area contributed by atoms with E-state index in [0.717, 1.165) is 18.5 Å². The number of amides is 1. The van der Waals surface area contributed by atoms with Crippen molar-refractivity contribution in [3.05, 3.63) is 10.6 Å². The Kier molecular flexibility index (Phi) is 4.20. The maximum absolute atomic E-state index is 12.3. The lowest BCUT2D eigenvalue weighted by atomic mass is 9.86. The van der Waals surface area contributed by atoms with Crippen molar-refractivity contribution in [2.75, 3.05) is 5.32 Å². The van der Waals surface area contributed by atoms with Crippen molar-refractivity contribution in [2.24, 2.45) is 11.1 Å². The molecule has 1 aromatic rings. The van der Waals surface area contributed by atoms with E-state index in [1.165, 1.54) is 17.7 Å². The highest BCUT2D eigenvalue weighted by Gasteiger charge is 2.35. The molecule has 0 saturated carbocycles. The largest absolute Gasteiger partial charge is 0.392 e. The fourth-order valence-corrected chi connectivity index (χ4v) is 3.37. The zero-order valence-electron chi connectivity index (χ0n) is 11.3. The average Bonchev–Trinajstić information content (AvgIpc) is 2.79. The molecular weight excluding hydrogens is 278 g/mol. The Morgan fingerprint density at radius 1 is 1.53 bits per heavy atom. The molecule has 1 aliphatic rings. The fourth-order valence-electron chi connectivity index (χ4n) is 2.09. The van der Waals surface area contributed by atoms with Crippen LogP contribution >= 0.6 is 23.6 Å². The van der Waals surface area contributed by atoms with E-state index in [2.05, 4.69) is 10.3 Å². The van der Waals surface area contributed by atoms with Gasteiger partial charge in [0.15, 0.2) is 5.13 Å². The lowest BCUT2D eigenvalue weighted by Gasteiger charge is -2.24. The minimum atomic E-state index is -0.804. The molecule has 0 radical (unpaired) electrons. The number of nitrogens with two attached hydrogens (primary N) is 1. The number of anilines is 1. The van der Waals surface area contributed by atoms with E-state index >= 15 is 0 Å². The molecule has 0 spiro atoms. The maximum atomic E-state index is 12.3. The molecule has 1 aromatic heterocycles. The summed E-state index contributed by atoms with van der Waals surface area (Å²) < 4.78 is 0. The molecule has 1 amide bonds. The van der Waals surface area contributed by atoms with Gasteiger partial charge < -0.3 is 11.1 Å². The summed E-state index contributed by atoms with van der Waals surface area (Å²) in [5.74, 6) is -0.159. The number of thiazole rings is 1. The van der Waals surface area contributed by atoms with Gasteiger partial charge in [-0.2, -0.15) is 0 Å². The van der Waals surface area contributed by atoms with Gasteiger partial charge in [0.2, 0.25) is 5.91 Å². The Hall–Kier alpha value is -1.01. The van der Waals surface area contributed by atoms with Gasteiger partial charge in [-0.15, -0.1) is 11.3 Å². The smallest absolute Gasteiger partial charge is 0.238 e. The fraction of sp³-hybridized carbons (Fsp3) is 0.615. The molecule has 2 rings (SSSR count). The first-order valence-corrected chi connectivity index (χ1v) is 7.79. The quantitative estimate of drug-likeness (QED) is 0.838. The summed E-state index contributed by atoms with van der Waals surface area (Å²) in [4.78, 5) is 18.3. The molecule has 104 valence electrons. The molecule has 1 unspecified atom stereocenters. The van der Waals surface area contributed by atoms with E-state index in [4.69, 9.17) is 18.0 Å². The highest BCUT2D eigenvalue weighted by Crippen LogP contribution is 2.31. The maximum Gasteiger partial charge on any atom is 0.238 e. The Morgan fingerprint density at radius 2 is 2.21 bits per heavy atom. The molecule has 0 saturated heterocycles. The highest BCUT2D eigenvalue weighted by molar-refractivity contribution is 7.80. The number of rotatable bonds is 4. The first-order chi connectivity index (χ1) is 8.97. The van der Waals surface area contributed by atoms with Crippen LogP contribution in [0.15, 0.2) is 0 Å². The van der Waals surface area contributed by atoms with Crippen LogP contribution in [-0.4, -0.2) is 15.9 Å². The van der Waals surface area contributed by atoms with Crippen LogP contribution in [0.1, 0.15) is 43.7 Å². The molecule has 0 fully saturated rings. The van der Waals surface area contributed by atoms with Gasteiger partial charge in [0.25, 0.3) is 0 Å². The van der Waals surface area contributed by atoms with Crippen LogP contribution in [-0.2, 0) is 17.6 Å². The highest BCUT2D eigenvalue weighted by atomic mass is 32.1. The van der Waals surface area contributed by atoms with Crippen LogP contribution in [0.3, 0.4) is 0 Å². The van der Waals surface area contributed by atoms with Gasteiger partial charge in [-0.3, -0.25) is 4.79 Å². The van der Waals surface area contributed by atoms with Crippen LogP contribution in [0.25, 0.3) is 0 Å². The standard InChI is InChI=1S/C13H19N3OS2/c1-3-13(2,10(14)18)11(17)16-12-15-8-6-4-5-7-9(8)19-12/h3-7H2,1-2H3,(H2,14,18)(H,15,16,17). The van der Waals surface area contributed by atoms with Crippen molar-refractivity contribution in [1.82, 2.24) is 4.98 Å². The third-order valence-corrected chi connectivity index (χ3v) is 5.34. The van der Waals surface area contributed by atoms with Crippen molar-refractivity contribution < 1.29 is 4.79 Å². The number of hydrogen-bond donors (Lipinski definition) is 2.